The number of aliphatic hydroxyl groups is 6. The van der Waals surface area contributed by atoms with E-state index >= 15 is 0 Å². The number of likely N-dealkylation sites (N-methyl/N-ethyl adjacent to an activating group) is 3. The molecule has 5 amide bonds. The highest BCUT2D eigenvalue weighted by molar-refractivity contribution is 6.08. The zero-order valence-corrected chi connectivity index (χ0v) is 45.9. The molecule has 0 aliphatic carbocycles. The molecule has 18 heteroatoms. The maximum absolute atomic E-state index is 13.6. The lowest BCUT2D eigenvalue weighted by Gasteiger charge is -2.26. The van der Waals surface area contributed by atoms with Crippen LogP contribution in [0.15, 0.2) is 0 Å². The molecule has 0 spiro atoms. The molecule has 396 valence electrons. The van der Waals surface area contributed by atoms with Crippen LogP contribution in [0.5, 0.6) is 0 Å². The summed E-state index contributed by atoms with van der Waals surface area (Å²) in [6.07, 6.45) is -1.21. The number of carbonyl (C=O) groups excluding carboxylic acids is 6. The molecule has 18 nitrogen and oxygen atoms in total. The van der Waals surface area contributed by atoms with Crippen molar-refractivity contribution in [2.45, 2.75) is 137 Å². The van der Waals surface area contributed by atoms with Crippen molar-refractivity contribution < 1.29 is 59.4 Å². The summed E-state index contributed by atoms with van der Waals surface area (Å²) >= 11 is 0. The van der Waals surface area contributed by atoms with Crippen LogP contribution in [0, 0.1) is 41.5 Å². The van der Waals surface area contributed by atoms with E-state index in [0.29, 0.717) is 40.6 Å². The average Bonchev–Trinajstić information content (AvgIpc) is 3.35. The number of aldehydes is 1. The molecule has 2 unspecified atom stereocenters. The minimum Gasteiger partial charge on any atom is -0.394 e. The molecule has 0 bridgehead atoms. The Morgan fingerprint density at radius 1 is 0.515 bits per heavy atom. The van der Waals surface area contributed by atoms with E-state index in [1.54, 1.807) is 41.5 Å². The number of hydrogen-bond donors (Lipinski definition) is 9. The van der Waals surface area contributed by atoms with E-state index in [9.17, 15) is 49.2 Å². The van der Waals surface area contributed by atoms with Gasteiger partial charge < -0.3 is 61.3 Å². The maximum Gasteiger partial charge on any atom is 0.254 e. The van der Waals surface area contributed by atoms with Crippen LogP contribution in [0.3, 0.4) is 0 Å². The lowest BCUT2D eigenvalue weighted by Crippen LogP contribution is -2.38. The highest BCUT2D eigenvalue weighted by atomic mass is 16.3. The molecule has 0 heterocycles. The molecule has 2 atom stereocenters. The van der Waals surface area contributed by atoms with E-state index in [1.165, 1.54) is 23.9 Å². The fourth-order valence-corrected chi connectivity index (χ4v) is 6.19. The first-order valence-electron chi connectivity index (χ1n) is 23.7. The van der Waals surface area contributed by atoms with Crippen LogP contribution in [0.25, 0.3) is 0 Å². The number of anilines is 2. The number of benzene rings is 2. The van der Waals surface area contributed by atoms with Gasteiger partial charge in [-0.3, -0.25) is 28.8 Å². The van der Waals surface area contributed by atoms with Crippen LogP contribution in [-0.4, -0.2) is 174 Å². The Kier molecular flexibility index (Phi) is 47.7. The fourth-order valence-electron chi connectivity index (χ4n) is 6.19. The molecule has 2 aromatic rings. The van der Waals surface area contributed by atoms with Crippen molar-refractivity contribution in [2.24, 2.45) is 0 Å². The number of nitrogens with one attached hydrogen (secondary N) is 3. The molecule has 2 rings (SSSR count). The van der Waals surface area contributed by atoms with Crippen LogP contribution in [0.1, 0.15) is 158 Å². The van der Waals surface area contributed by atoms with Crippen molar-refractivity contribution in [2.75, 3.05) is 91.4 Å². The smallest absolute Gasteiger partial charge is 0.254 e. The van der Waals surface area contributed by atoms with Crippen molar-refractivity contribution in [1.29, 1.82) is 0 Å². The first-order valence-corrected chi connectivity index (χ1v) is 23.7. The highest BCUT2D eigenvalue weighted by Gasteiger charge is 2.29. The Morgan fingerprint density at radius 3 is 1.22 bits per heavy atom. The number of rotatable bonds is 17. The summed E-state index contributed by atoms with van der Waals surface area (Å²) in [6.45, 7) is 31.5. The molecule has 0 radical (unpaired) electrons. The summed E-state index contributed by atoms with van der Waals surface area (Å²) in [5.41, 5.74) is 3.13. The topological polar surface area (TPSA) is 270 Å². The zero-order valence-electron chi connectivity index (χ0n) is 45.9. The third-order valence-corrected chi connectivity index (χ3v) is 9.05. The van der Waals surface area contributed by atoms with E-state index < -0.39 is 61.6 Å². The van der Waals surface area contributed by atoms with E-state index in [4.69, 9.17) is 10.2 Å². The van der Waals surface area contributed by atoms with Gasteiger partial charge in [0, 0.05) is 73.9 Å². The number of carbonyl (C=O) groups is 6. The molecule has 2 aromatic carbocycles. The van der Waals surface area contributed by atoms with Crippen LogP contribution in [0.2, 0.25) is 0 Å². The summed E-state index contributed by atoms with van der Waals surface area (Å²) in [5.74, 6) is -3.16. The van der Waals surface area contributed by atoms with E-state index in [1.807, 2.05) is 102 Å². The lowest BCUT2D eigenvalue weighted by molar-refractivity contribution is -0.119. The second-order valence-electron chi connectivity index (χ2n) is 13.7. The van der Waals surface area contributed by atoms with Crippen molar-refractivity contribution in [3.63, 3.8) is 0 Å². The van der Waals surface area contributed by atoms with Gasteiger partial charge in [-0.2, -0.15) is 0 Å². The predicted octanol–water partition coefficient (Wildman–Crippen LogP) is 5.20. The molecule has 0 saturated heterocycles. The van der Waals surface area contributed by atoms with Gasteiger partial charge >= 0.3 is 0 Å². The normalized spacial score (nSPS) is 10.3. The van der Waals surface area contributed by atoms with Crippen molar-refractivity contribution in [3.8, 4) is 0 Å². The average molecular weight is 971 g/mol. The van der Waals surface area contributed by atoms with Crippen molar-refractivity contribution >= 4 is 47.2 Å². The molecular formula is C50H94N6O12. The minimum atomic E-state index is -1.20. The third-order valence-electron chi connectivity index (χ3n) is 9.05. The largest absolute Gasteiger partial charge is 0.394 e. The first kappa shape index (κ1) is 74.7. The van der Waals surface area contributed by atoms with Gasteiger partial charge in [-0.25, -0.2) is 0 Å². The van der Waals surface area contributed by atoms with Gasteiger partial charge in [-0.1, -0.05) is 83.1 Å². The number of amides is 5. The van der Waals surface area contributed by atoms with Gasteiger partial charge in [0.15, 0.2) is 6.29 Å². The summed E-state index contributed by atoms with van der Waals surface area (Å²) < 4.78 is 0. The standard InChI is InChI=1S/C33H45N5O10.C5H13NO2.6C2H6/c1-16-23(13-40)17(2)29(35-24(44)14-41)20(5)27(16)32(47)37(7)10-9-34-31(46)26-18(3)28(33(48)38(8)11-22(43)12-39)21(6)30(19(26)4)36-25(45)15-42;1-6(2)3-5(8)4-7;6*1-2/h13,22,39,41-43H,9-12,14-15H2,1-8H3,(H,34,46)(H,35,44)(H,36,45);5,7-8H,3-4H2,1-2H3;6*1-2H3. The first-order chi connectivity index (χ1) is 32.1. The van der Waals surface area contributed by atoms with Gasteiger partial charge in [0.1, 0.15) is 13.2 Å². The lowest BCUT2D eigenvalue weighted by atomic mass is 9.89. The zero-order chi connectivity index (χ0) is 55.2. The van der Waals surface area contributed by atoms with Gasteiger partial charge in [0.05, 0.1) is 25.4 Å². The molecule has 0 saturated carbocycles. The van der Waals surface area contributed by atoms with Gasteiger partial charge in [-0.05, 0) is 89.0 Å². The van der Waals surface area contributed by atoms with E-state index in [-0.39, 0.29) is 65.4 Å². The Balaban J connectivity index is -0.000000412. The Morgan fingerprint density at radius 2 is 0.868 bits per heavy atom. The van der Waals surface area contributed by atoms with Gasteiger partial charge in [0.25, 0.3) is 17.7 Å². The van der Waals surface area contributed by atoms with Crippen LogP contribution < -0.4 is 16.0 Å². The Labute approximate surface area is 409 Å². The SMILES string of the molecule is CC.CC.CC.CC.CC.CC.CN(C)CC(O)CO.Cc1c(C=O)c(C)c(C(=O)N(C)CCNC(=O)c2c(C)c(NC(=O)CO)c(C)c(C(=O)N(C)CC(O)CO)c2C)c(C)c1NC(=O)CO. The number of hydrogen-bond acceptors (Lipinski definition) is 13. The third kappa shape index (κ3) is 24.5. The molecule has 0 aromatic heterocycles. The molecule has 0 aliphatic rings. The summed E-state index contributed by atoms with van der Waals surface area (Å²) in [7, 11) is 6.60. The van der Waals surface area contributed by atoms with E-state index in [2.05, 4.69) is 16.0 Å². The summed E-state index contributed by atoms with van der Waals surface area (Å²) in [4.78, 5) is 81.1. The maximum atomic E-state index is 13.6. The molecule has 0 fully saturated rings. The molecule has 0 aliphatic heterocycles. The van der Waals surface area contributed by atoms with Crippen LogP contribution >= 0.6 is 0 Å². The summed E-state index contributed by atoms with van der Waals surface area (Å²) in [6, 6.07) is 0. The van der Waals surface area contributed by atoms with Crippen LogP contribution in [-0.2, 0) is 9.59 Å². The van der Waals surface area contributed by atoms with Gasteiger partial charge in [-0.15, -0.1) is 0 Å². The monoisotopic (exact) mass is 971 g/mol. The second-order valence-corrected chi connectivity index (χ2v) is 13.7. The summed E-state index contributed by atoms with van der Waals surface area (Å²) in [5, 5.41) is 62.5. The molecule has 9 N–H and O–H groups in total. The number of aliphatic hydroxyl groups excluding tert-OH is 6. The fraction of sp³-hybridized carbons (Fsp3) is 0.640. The van der Waals surface area contributed by atoms with Crippen molar-refractivity contribution in [1.82, 2.24) is 20.0 Å². The van der Waals surface area contributed by atoms with Gasteiger partial charge in [0.2, 0.25) is 11.8 Å². The Hall–Kier alpha value is -4.82. The number of nitrogens with zero attached hydrogens (tertiary/aromatic N) is 3. The molecular weight excluding hydrogens is 877 g/mol. The van der Waals surface area contributed by atoms with Crippen LogP contribution in [0.4, 0.5) is 11.4 Å². The second kappa shape index (κ2) is 43.5. The highest BCUT2D eigenvalue weighted by Crippen LogP contribution is 2.33. The molecule has 68 heavy (non-hydrogen) atoms. The van der Waals surface area contributed by atoms with E-state index in [0.717, 1.165) is 0 Å². The minimum absolute atomic E-state index is 0.0116. The van der Waals surface area contributed by atoms with Crippen molar-refractivity contribution in [3.05, 3.63) is 55.6 Å². The quantitative estimate of drug-likeness (QED) is 0.0925. The predicted molar refractivity (Wildman–Crippen MR) is 277 cm³/mol. The Bertz CT molecular complexity index is 1770.